The molecule has 1 aliphatic rings. The maximum absolute atomic E-state index is 12.3. The number of benzene rings is 1. The highest BCUT2D eigenvalue weighted by Gasteiger charge is 2.53. The maximum Gasteiger partial charge on any atom is 0.325 e. The van der Waals surface area contributed by atoms with Crippen molar-refractivity contribution in [2.45, 2.75) is 38.3 Å². The van der Waals surface area contributed by atoms with Gasteiger partial charge in [-0.05, 0) is 18.4 Å². The zero-order valence-corrected chi connectivity index (χ0v) is 11.2. The van der Waals surface area contributed by atoms with Gasteiger partial charge in [-0.15, -0.1) is 0 Å². The van der Waals surface area contributed by atoms with Gasteiger partial charge in [0, 0.05) is 6.04 Å². The Morgan fingerprint density at radius 2 is 2.00 bits per heavy atom. The first-order chi connectivity index (χ1) is 9.57. The first-order valence-corrected chi connectivity index (χ1v) is 6.77. The van der Waals surface area contributed by atoms with E-state index in [9.17, 15) is 14.7 Å². The molecule has 0 bridgehead atoms. The zero-order valence-electron chi connectivity index (χ0n) is 11.2. The van der Waals surface area contributed by atoms with E-state index in [1.54, 1.807) is 0 Å². The number of carbonyl (C=O) groups excluding carboxylic acids is 1. The van der Waals surface area contributed by atoms with Crippen molar-refractivity contribution in [1.82, 2.24) is 0 Å². The van der Waals surface area contributed by atoms with Crippen LogP contribution < -0.4 is 5.73 Å². The van der Waals surface area contributed by atoms with E-state index in [0.717, 1.165) is 12.0 Å². The lowest BCUT2D eigenvalue weighted by molar-refractivity contribution is -0.173. The highest BCUT2D eigenvalue weighted by molar-refractivity contribution is 6.00. The molecular weight excluding hydrogens is 258 g/mol. The average molecular weight is 277 g/mol. The smallest absolute Gasteiger partial charge is 0.325 e. The molecule has 0 amide bonds. The van der Waals surface area contributed by atoms with Gasteiger partial charge in [0.05, 0.1) is 0 Å². The third kappa shape index (κ3) is 2.67. The molecule has 108 valence electrons. The molecule has 2 rings (SSSR count). The summed E-state index contributed by atoms with van der Waals surface area (Å²) in [6, 6.07) is 8.49. The number of esters is 1. The number of ether oxygens (including phenoxy) is 1. The lowest BCUT2D eigenvalue weighted by Crippen LogP contribution is -2.55. The summed E-state index contributed by atoms with van der Waals surface area (Å²) in [4.78, 5) is 23.8. The number of nitrogens with two attached hydrogens (primary N) is 1. The molecule has 0 spiro atoms. The fraction of sp³-hybridized carbons (Fsp3) is 0.467. The van der Waals surface area contributed by atoms with E-state index in [2.05, 4.69) is 0 Å². The zero-order chi connectivity index (χ0) is 14.6. The Morgan fingerprint density at radius 1 is 1.30 bits per heavy atom. The van der Waals surface area contributed by atoms with E-state index >= 15 is 0 Å². The number of rotatable bonds is 4. The van der Waals surface area contributed by atoms with Crippen LogP contribution in [0.2, 0.25) is 0 Å². The van der Waals surface area contributed by atoms with Gasteiger partial charge in [0.15, 0.2) is 5.41 Å². The van der Waals surface area contributed by atoms with Gasteiger partial charge >= 0.3 is 11.9 Å². The van der Waals surface area contributed by atoms with Crippen LogP contribution in [0.25, 0.3) is 0 Å². The second-order valence-electron chi connectivity index (χ2n) is 5.19. The number of carbonyl (C=O) groups is 2. The van der Waals surface area contributed by atoms with Gasteiger partial charge in [0.25, 0.3) is 0 Å². The summed E-state index contributed by atoms with van der Waals surface area (Å²) in [6.07, 6.45) is 2.31. The second-order valence-corrected chi connectivity index (χ2v) is 5.19. The molecule has 1 aromatic carbocycles. The van der Waals surface area contributed by atoms with Crippen molar-refractivity contribution < 1.29 is 19.4 Å². The van der Waals surface area contributed by atoms with Crippen LogP contribution in [0.4, 0.5) is 0 Å². The van der Waals surface area contributed by atoms with Crippen LogP contribution in [-0.4, -0.2) is 23.1 Å². The summed E-state index contributed by atoms with van der Waals surface area (Å²) in [5.41, 5.74) is 5.14. The van der Waals surface area contributed by atoms with Gasteiger partial charge in [-0.1, -0.05) is 43.2 Å². The van der Waals surface area contributed by atoms with Gasteiger partial charge in [0.1, 0.15) is 6.61 Å². The molecule has 1 aliphatic carbocycles. The third-order valence-electron chi connectivity index (χ3n) is 3.93. The Kier molecular flexibility index (Phi) is 4.39. The predicted octanol–water partition coefficient (Wildman–Crippen LogP) is 1.70. The Labute approximate surface area is 117 Å². The molecule has 1 fully saturated rings. The molecule has 1 saturated carbocycles. The fourth-order valence-electron chi connectivity index (χ4n) is 2.66. The van der Waals surface area contributed by atoms with Gasteiger partial charge in [-0.3, -0.25) is 9.59 Å². The van der Waals surface area contributed by atoms with Crippen molar-refractivity contribution in [2.75, 3.05) is 0 Å². The summed E-state index contributed by atoms with van der Waals surface area (Å²) < 4.78 is 5.20. The van der Waals surface area contributed by atoms with E-state index in [1.807, 2.05) is 30.3 Å². The molecule has 0 aromatic heterocycles. The van der Waals surface area contributed by atoms with Crippen molar-refractivity contribution in [2.24, 2.45) is 11.1 Å². The number of aliphatic carboxylic acids is 1. The molecule has 0 aliphatic heterocycles. The summed E-state index contributed by atoms with van der Waals surface area (Å²) in [5, 5.41) is 9.45. The molecule has 0 saturated heterocycles. The summed E-state index contributed by atoms with van der Waals surface area (Å²) in [7, 11) is 0. The van der Waals surface area contributed by atoms with Crippen molar-refractivity contribution in [3.63, 3.8) is 0 Å². The van der Waals surface area contributed by atoms with E-state index < -0.39 is 23.4 Å². The molecule has 2 atom stereocenters. The fourth-order valence-corrected chi connectivity index (χ4v) is 2.66. The number of hydrogen-bond donors (Lipinski definition) is 2. The highest BCUT2D eigenvalue weighted by atomic mass is 16.5. The minimum absolute atomic E-state index is 0.0709. The molecule has 2 unspecified atom stereocenters. The van der Waals surface area contributed by atoms with Gasteiger partial charge in [0.2, 0.25) is 0 Å². The van der Waals surface area contributed by atoms with Gasteiger partial charge in [-0.2, -0.15) is 0 Å². The number of carboxylic acids is 1. The normalized spacial score (nSPS) is 25.9. The van der Waals surface area contributed by atoms with Crippen molar-refractivity contribution in [1.29, 1.82) is 0 Å². The first kappa shape index (κ1) is 14.5. The van der Waals surface area contributed by atoms with E-state index in [4.69, 9.17) is 10.5 Å². The van der Waals surface area contributed by atoms with Crippen LogP contribution in [-0.2, 0) is 20.9 Å². The van der Waals surface area contributed by atoms with E-state index in [1.165, 1.54) is 0 Å². The van der Waals surface area contributed by atoms with Crippen molar-refractivity contribution >= 4 is 11.9 Å². The van der Waals surface area contributed by atoms with Crippen LogP contribution in [0.3, 0.4) is 0 Å². The minimum Gasteiger partial charge on any atom is -0.480 e. The van der Waals surface area contributed by atoms with Gasteiger partial charge in [-0.25, -0.2) is 0 Å². The molecule has 0 heterocycles. The minimum atomic E-state index is -1.59. The van der Waals surface area contributed by atoms with Crippen molar-refractivity contribution in [3.05, 3.63) is 35.9 Å². The van der Waals surface area contributed by atoms with E-state index in [0.29, 0.717) is 12.8 Å². The second kappa shape index (κ2) is 6.05. The highest BCUT2D eigenvalue weighted by Crippen LogP contribution is 2.37. The molecule has 5 heteroatoms. The third-order valence-corrected chi connectivity index (χ3v) is 3.93. The largest absolute Gasteiger partial charge is 0.480 e. The molecule has 1 aromatic rings. The standard InChI is InChI=1S/C15H19NO4/c16-12-8-4-5-9-15(12,13(17)18)14(19)20-10-11-6-2-1-3-7-11/h1-3,6-7,12H,4-5,8-10,16H2,(H,17,18). The molecule has 3 N–H and O–H groups in total. The van der Waals surface area contributed by atoms with Crippen LogP contribution in [0.5, 0.6) is 0 Å². The summed E-state index contributed by atoms with van der Waals surface area (Å²) in [5.74, 6) is -1.90. The lowest BCUT2D eigenvalue weighted by Gasteiger charge is -2.36. The summed E-state index contributed by atoms with van der Waals surface area (Å²) in [6.45, 7) is 0.0709. The SMILES string of the molecule is NC1CCCCC1(C(=O)O)C(=O)OCc1ccccc1. The maximum atomic E-state index is 12.3. The van der Waals surface area contributed by atoms with E-state index in [-0.39, 0.29) is 13.0 Å². The Bertz CT molecular complexity index is 488. The monoisotopic (exact) mass is 277 g/mol. The lowest BCUT2D eigenvalue weighted by atomic mass is 9.70. The Hall–Kier alpha value is -1.88. The molecule has 5 nitrogen and oxygen atoms in total. The molecular formula is C15H19NO4. The quantitative estimate of drug-likeness (QED) is 0.646. The number of carboxylic acid groups (broad SMARTS) is 1. The summed E-state index contributed by atoms with van der Waals surface area (Å²) >= 11 is 0. The van der Waals surface area contributed by atoms with Crippen LogP contribution in [0.15, 0.2) is 30.3 Å². The van der Waals surface area contributed by atoms with Crippen LogP contribution in [0.1, 0.15) is 31.2 Å². The van der Waals surface area contributed by atoms with Crippen molar-refractivity contribution in [3.8, 4) is 0 Å². The van der Waals surface area contributed by atoms with Gasteiger partial charge < -0.3 is 15.6 Å². The first-order valence-electron chi connectivity index (χ1n) is 6.77. The van der Waals surface area contributed by atoms with Crippen LogP contribution >= 0.6 is 0 Å². The predicted molar refractivity (Wildman–Crippen MR) is 72.8 cm³/mol. The Balaban J connectivity index is 2.10. The molecule has 20 heavy (non-hydrogen) atoms. The van der Waals surface area contributed by atoms with Crippen LogP contribution in [0, 0.1) is 5.41 Å². The topological polar surface area (TPSA) is 89.6 Å². The average Bonchev–Trinajstić information content (AvgIpc) is 2.46. The Morgan fingerprint density at radius 3 is 2.60 bits per heavy atom. The molecule has 0 radical (unpaired) electrons. The number of hydrogen-bond acceptors (Lipinski definition) is 4.